The highest BCUT2D eigenvalue weighted by Gasteiger charge is 2.25. The Morgan fingerprint density at radius 3 is 2.03 bits per heavy atom. The van der Waals surface area contributed by atoms with E-state index in [2.05, 4.69) is 0 Å². The van der Waals surface area contributed by atoms with Gasteiger partial charge in [0.2, 0.25) is 0 Å². The smallest absolute Gasteiger partial charge is 0.263 e. The Balaban J connectivity index is 1.90. The zero-order valence-corrected chi connectivity index (χ0v) is 19.5. The van der Waals surface area contributed by atoms with Crippen LogP contribution >= 0.6 is 11.9 Å². The van der Waals surface area contributed by atoms with Gasteiger partial charge in [-0.05, 0) is 37.3 Å². The summed E-state index contributed by atoms with van der Waals surface area (Å²) in [4.78, 5) is 26.9. The van der Waals surface area contributed by atoms with Crippen molar-refractivity contribution in [3.8, 4) is 0 Å². The van der Waals surface area contributed by atoms with Crippen molar-refractivity contribution in [3.05, 3.63) is 134 Å². The molecule has 0 saturated heterocycles. The highest BCUT2D eigenvalue weighted by atomic mass is 32.2. The van der Waals surface area contributed by atoms with Gasteiger partial charge in [0.25, 0.3) is 11.4 Å². The predicted molar refractivity (Wildman–Crippen MR) is 138 cm³/mol. The van der Waals surface area contributed by atoms with E-state index in [0.29, 0.717) is 11.5 Å². The molecule has 0 bridgehead atoms. The molecule has 0 aliphatic rings. The lowest BCUT2D eigenvalue weighted by atomic mass is 10.2. The van der Waals surface area contributed by atoms with Gasteiger partial charge in [0.05, 0.1) is 27.3 Å². The van der Waals surface area contributed by atoms with Crippen LogP contribution in [0.3, 0.4) is 0 Å². The number of anilines is 1. The van der Waals surface area contributed by atoms with E-state index in [1.807, 2.05) is 91.9 Å². The van der Waals surface area contributed by atoms with Crippen molar-refractivity contribution in [2.24, 2.45) is 4.99 Å². The Morgan fingerprint density at radius 2 is 1.43 bits per heavy atom. The largest absolute Gasteiger partial charge is 0.291 e. The van der Waals surface area contributed by atoms with Crippen molar-refractivity contribution >= 4 is 40.5 Å². The molecule has 0 aliphatic heterocycles. The van der Waals surface area contributed by atoms with Crippen molar-refractivity contribution in [1.82, 2.24) is 0 Å². The fourth-order valence-corrected chi connectivity index (χ4v) is 4.29. The third-order valence-electron chi connectivity index (χ3n) is 5.02. The number of aliphatic imine (C=N–C) groups is 1. The predicted octanol–water partition coefficient (Wildman–Crippen LogP) is 7.10. The quantitative estimate of drug-likeness (QED) is 0.0911. The van der Waals surface area contributed by atoms with Gasteiger partial charge >= 0.3 is 0 Å². The van der Waals surface area contributed by atoms with Gasteiger partial charge in [-0.3, -0.25) is 24.5 Å². The van der Waals surface area contributed by atoms with Crippen molar-refractivity contribution in [1.29, 1.82) is 0 Å². The number of nitrogens with zero attached hydrogens (tertiary/aromatic N) is 4. The van der Waals surface area contributed by atoms with Crippen LogP contribution in [0.15, 0.2) is 113 Å². The van der Waals surface area contributed by atoms with Crippen LogP contribution in [0.4, 0.5) is 22.7 Å². The fraction of sp³-hybridized carbons (Fsp3) is 0.0385. The number of amidine groups is 1. The first-order chi connectivity index (χ1) is 16.9. The van der Waals surface area contributed by atoms with Crippen LogP contribution in [-0.4, -0.2) is 15.7 Å². The molecule has 0 unspecified atom stereocenters. The molecule has 0 fully saturated rings. The lowest BCUT2D eigenvalue weighted by Crippen LogP contribution is -2.25. The second kappa shape index (κ2) is 10.6. The van der Waals surface area contributed by atoms with Gasteiger partial charge in [0.1, 0.15) is 4.90 Å². The van der Waals surface area contributed by atoms with Crippen molar-refractivity contribution < 1.29 is 9.85 Å². The van der Waals surface area contributed by atoms with Crippen LogP contribution in [0, 0.1) is 27.2 Å². The van der Waals surface area contributed by atoms with Gasteiger partial charge in [-0.2, -0.15) is 0 Å². The summed E-state index contributed by atoms with van der Waals surface area (Å²) in [5.41, 5.74) is 2.61. The number of aryl methyl sites for hydroxylation is 1. The summed E-state index contributed by atoms with van der Waals surface area (Å²) >= 11 is 1.08. The third-order valence-corrected chi connectivity index (χ3v) is 6.13. The average Bonchev–Trinajstić information content (AvgIpc) is 2.87. The summed E-state index contributed by atoms with van der Waals surface area (Å²) < 4.78 is 1.80. The molecule has 0 aromatic heterocycles. The number of benzene rings is 4. The summed E-state index contributed by atoms with van der Waals surface area (Å²) in [5, 5.41) is 23.0. The minimum Gasteiger partial charge on any atom is -0.263 e. The number of nitro benzene ring substituents is 2. The molecule has 4 rings (SSSR count). The van der Waals surface area contributed by atoms with Crippen LogP contribution in [0.25, 0.3) is 0 Å². The molecule has 0 radical (unpaired) electrons. The Kier molecular flexibility index (Phi) is 7.18. The van der Waals surface area contributed by atoms with E-state index in [9.17, 15) is 20.2 Å². The Bertz CT molecular complexity index is 1380. The van der Waals surface area contributed by atoms with Crippen LogP contribution in [0.1, 0.15) is 11.1 Å². The van der Waals surface area contributed by atoms with E-state index >= 15 is 0 Å². The van der Waals surface area contributed by atoms with E-state index in [1.165, 1.54) is 12.1 Å². The first-order valence-electron chi connectivity index (χ1n) is 10.6. The molecule has 0 amide bonds. The summed E-state index contributed by atoms with van der Waals surface area (Å²) in [6.45, 7) is 1.97. The van der Waals surface area contributed by atoms with Gasteiger partial charge in [-0.1, -0.05) is 66.2 Å². The summed E-state index contributed by atoms with van der Waals surface area (Å²) in [5.74, 6) is 0.554. The summed E-state index contributed by atoms with van der Waals surface area (Å²) in [7, 11) is 0. The Hall–Kier alpha value is -4.50. The molecule has 0 N–H and O–H groups in total. The SMILES string of the molecule is Cc1ccc(N(Sc2ccc([N+](=O)[O-])cc2[N+](=O)[O-])C(=Nc2ccccc2)c2ccccc2)cc1. The van der Waals surface area contributed by atoms with Crippen molar-refractivity contribution in [2.75, 3.05) is 4.31 Å². The van der Waals surface area contributed by atoms with Gasteiger partial charge in [-0.25, -0.2) is 4.99 Å². The average molecular weight is 485 g/mol. The maximum atomic E-state index is 11.8. The summed E-state index contributed by atoms with van der Waals surface area (Å²) in [6, 6.07) is 30.2. The zero-order chi connectivity index (χ0) is 24.8. The fourth-order valence-electron chi connectivity index (χ4n) is 3.28. The Morgan fingerprint density at radius 1 is 0.800 bits per heavy atom. The standard InChI is InChI=1S/C26H20N4O4S/c1-19-12-14-22(15-13-19)28(35-25-17-16-23(29(31)32)18-24(25)30(33)34)26(20-8-4-2-5-9-20)27-21-10-6-3-7-11-21/h2-18H,1H3. The van der Waals surface area contributed by atoms with E-state index in [1.54, 1.807) is 4.31 Å². The van der Waals surface area contributed by atoms with E-state index in [4.69, 9.17) is 4.99 Å². The first-order valence-corrected chi connectivity index (χ1v) is 11.4. The molecule has 0 heterocycles. The third kappa shape index (κ3) is 5.71. The van der Waals surface area contributed by atoms with Crippen molar-refractivity contribution in [2.45, 2.75) is 11.8 Å². The van der Waals surface area contributed by atoms with Crippen LogP contribution in [-0.2, 0) is 0 Å². The number of non-ortho nitro benzene ring substituents is 1. The minimum atomic E-state index is -0.647. The topological polar surface area (TPSA) is 102 Å². The van der Waals surface area contributed by atoms with Crippen LogP contribution in [0.5, 0.6) is 0 Å². The molecule has 4 aromatic rings. The Labute approximate surface area is 206 Å². The molecule has 9 heteroatoms. The second-order valence-corrected chi connectivity index (χ2v) is 8.51. The first kappa shape index (κ1) is 23.7. The lowest BCUT2D eigenvalue weighted by molar-refractivity contribution is -0.396. The molecule has 35 heavy (non-hydrogen) atoms. The minimum absolute atomic E-state index is 0.248. The van der Waals surface area contributed by atoms with E-state index in [-0.39, 0.29) is 16.3 Å². The summed E-state index contributed by atoms with van der Waals surface area (Å²) in [6.07, 6.45) is 0. The molecule has 4 aromatic carbocycles. The van der Waals surface area contributed by atoms with Crippen LogP contribution < -0.4 is 4.31 Å². The molecule has 8 nitrogen and oxygen atoms in total. The molecule has 174 valence electrons. The molecular weight excluding hydrogens is 464 g/mol. The second-order valence-electron chi connectivity index (χ2n) is 7.52. The normalized spacial score (nSPS) is 11.2. The highest BCUT2D eigenvalue weighted by molar-refractivity contribution is 8.01. The molecule has 0 spiro atoms. The lowest BCUT2D eigenvalue weighted by Gasteiger charge is -2.25. The van der Waals surface area contributed by atoms with Gasteiger partial charge < -0.3 is 0 Å². The number of rotatable bonds is 7. The van der Waals surface area contributed by atoms with Gasteiger partial charge in [0.15, 0.2) is 5.84 Å². The number of para-hydroxylation sites is 1. The molecule has 0 atom stereocenters. The maximum absolute atomic E-state index is 11.8. The highest BCUT2D eigenvalue weighted by Crippen LogP contribution is 2.38. The van der Waals surface area contributed by atoms with Gasteiger partial charge in [0, 0.05) is 23.6 Å². The van der Waals surface area contributed by atoms with Gasteiger partial charge in [-0.15, -0.1) is 0 Å². The van der Waals surface area contributed by atoms with Crippen molar-refractivity contribution in [3.63, 3.8) is 0 Å². The van der Waals surface area contributed by atoms with Crippen LogP contribution in [0.2, 0.25) is 0 Å². The monoisotopic (exact) mass is 484 g/mol. The molecular formula is C26H20N4O4S. The molecule has 0 saturated carbocycles. The van der Waals surface area contributed by atoms with E-state index in [0.717, 1.165) is 34.8 Å². The molecule has 0 aliphatic carbocycles. The number of hydrogen-bond donors (Lipinski definition) is 0. The number of hydrogen-bond acceptors (Lipinski definition) is 6. The zero-order valence-electron chi connectivity index (χ0n) is 18.6. The van der Waals surface area contributed by atoms with E-state index < -0.39 is 9.85 Å². The number of nitro groups is 2. The maximum Gasteiger partial charge on any atom is 0.291 e.